The molecule has 1 fully saturated rings. The molecule has 0 aliphatic carbocycles. The molecular formula is C12H21N3O4. The van der Waals surface area contributed by atoms with Crippen molar-refractivity contribution in [1.82, 2.24) is 9.80 Å². The molecule has 7 heteroatoms. The third-order valence-corrected chi connectivity index (χ3v) is 3.01. The summed E-state index contributed by atoms with van der Waals surface area (Å²) in [7, 11) is 1.45. The normalized spacial score (nSPS) is 16.1. The largest absolute Gasteiger partial charge is 0.464 e. The molecule has 1 rings (SSSR count). The van der Waals surface area contributed by atoms with Crippen molar-refractivity contribution >= 4 is 17.8 Å². The van der Waals surface area contributed by atoms with Gasteiger partial charge < -0.3 is 20.3 Å². The summed E-state index contributed by atoms with van der Waals surface area (Å²) in [5.74, 6) is -1.50. The molecule has 7 nitrogen and oxygen atoms in total. The molecule has 19 heavy (non-hydrogen) atoms. The van der Waals surface area contributed by atoms with Crippen LogP contribution < -0.4 is 5.73 Å². The molecule has 1 atom stereocenters. The van der Waals surface area contributed by atoms with Crippen LogP contribution in [0.25, 0.3) is 0 Å². The van der Waals surface area contributed by atoms with Gasteiger partial charge in [0.1, 0.15) is 0 Å². The summed E-state index contributed by atoms with van der Waals surface area (Å²) in [4.78, 5) is 37.9. The second-order valence-corrected chi connectivity index (χ2v) is 4.51. The molecule has 0 saturated carbocycles. The fraction of sp³-hybridized carbons (Fsp3) is 0.750. The molecule has 1 heterocycles. The zero-order valence-electron chi connectivity index (χ0n) is 11.4. The van der Waals surface area contributed by atoms with Crippen molar-refractivity contribution in [1.29, 1.82) is 0 Å². The van der Waals surface area contributed by atoms with E-state index in [-0.39, 0.29) is 19.1 Å². The van der Waals surface area contributed by atoms with Crippen molar-refractivity contribution in [3.05, 3.63) is 0 Å². The van der Waals surface area contributed by atoms with Crippen molar-refractivity contribution in [3.63, 3.8) is 0 Å². The fourth-order valence-corrected chi connectivity index (χ4v) is 1.92. The summed E-state index contributed by atoms with van der Waals surface area (Å²) in [6.07, 6.45) is 1.98. The molecule has 1 aliphatic heterocycles. The molecule has 1 saturated heterocycles. The molecule has 0 radical (unpaired) electrons. The Kier molecular flexibility index (Phi) is 5.75. The van der Waals surface area contributed by atoms with E-state index in [2.05, 4.69) is 4.74 Å². The van der Waals surface area contributed by atoms with Gasteiger partial charge >= 0.3 is 5.97 Å². The van der Waals surface area contributed by atoms with Crippen molar-refractivity contribution in [2.75, 3.05) is 33.3 Å². The molecule has 1 aliphatic rings. The number of ether oxygens (including phenoxy) is 1. The first-order valence-corrected chi connectivity index (χ1v) is 6.42. The van der Waals surface area contributed by atoms with Gasteiger partial charge in [0.25, 0.3) is 5.91 Å². The molecule has 108 valence electrons. The summed E-state index contributed by atoms with van der Waals surface area (Å²) in [5.41, 5.74) is 5.49. The standard InChI is InChI=1S/C12H21N3O4/c1-3-19-12(18)10(13)11(17)14(2)8-9(16)15-6-4-5-7-15/h10H,3-8,13H2,1-2H3. The maximum absolute atomic E-state index is 11.9. The summed E-state index contributed by atoms with van der Waals surface area (Å²) < 4.78 is 4.67. The number of likely N-dealkylation sites (N-methyl/N-ethyl adjacent to an activating group) is 1. The summed E-state index contributed by atoms with van der Waals surface area (Å²) >= 11 is 0. The number of hydrogen-bond donors (Lipinski definition) is 1. The highest BCUT2D eigenvalue weighted by molar-refractivity contribution is 6.02. The summed E-state index contributed by atoms with van der Waals surface area (Å²) in [6.45, 7) is 3.19. The third kappa shape index (κ3) is 4.20. The molecule has 1 unspecified atom stereocenters. The SMILES string of the molecule is CCOC(=O)C(N)C(=O)N(C)CC(=O)N1CCCC1. The predicted octanol–water partition coefficient (Wildman–Crippen LogP) is -1.04. The van der Waals surface area contributed by atoms with E-state index in [1.807, 2.05) is 0 Å². The molecule has 0 bridgehead atoms. The maximum Gasteiger partial charge on any atom is 0.332 e. The first-order valence-electron chi connectivity index (χ1n) is 6.42. The lowest BCUT2D eigenvalue weighted by atomic mass is 10.2. The van der Waals surface area contributed by atoms with E-state index in [0.717, 1.165) is 25.9 Å². The predicted molar refractivity (Wildman–Crippen MR) is 68.1 cm³/mol. The van der Waals surface area contributed by atoms with E-state index in [1.54, 1.807) is 11.8 Å². The second-order valence-electron chi connectivity index (χ2n) is 4.51. The number of nitrogens with two attached hydrogens (primary N) is 1. The van der Waals surface area contributed by atoms with Crippen molar-refractivity contribution in [2.24, 2.45) is 5.73 Å². The van der Waals surface area contributed by atoms with Gasteiger partial charge in [-0.15, -0.1) is 0 Å². The van der Waals surface area contributed by atoms with Gasteiger partial charge in [-0.2, -0.15) is 0 Å². The van der Waals surface area contributed by atoms with Gasteiger partial charge in [0.15, 0.2) is 6.04 Å². The zero-order valence-corrected chi connectivity index (χ0v) is 11.4. The number of carbonyl (C=O) groups is 3. The van der Waals surface area contributed by atoms with Crippen LogP contribution in [-0.2, 0) is 19.1 Å². The van der Waals surface area contributed by atoms with Crippen LogP contribution in [-0.4, -0.2) is 66.9 Å². The Morgan fingerprint density at radius 3 is 2.42 bits per heavy atom. The molecule has 0 aromatic carbocycles. The molecular weight excluding hydrogens is 250 g/mol. The highest BCUT2D eigenvalue weighted by Crippen LogP contribution is 2.08. The highest BCUT2D eigenvalue weighted by Gasteiger charge is 2.28. The maximum atomic E-state index is 11.9. The van der Waals surface area contributed by atoms with Crippen LogP contribution in [0, 0.1) is 0 Å². The molecule has 0 aromatic heterocycles. The fourth-order valence-electron chi connectivity index (χ4n) is 1.92. The smallest absolute Gasteiger partial charge is 0.332 e. The third-order valence-electron chi connectivity index (χ3n) is 3.01. The first kappa shape index (κ1) is 15.4. The Bertz CT molecular complexity index is 353. The van der Waals surface area contributed by atoms with Crippen LogP contribution >= 0.6 is 0 Å². The molecule has 0 spiro atoms. The van der Waals surface area contributed by atoms with Gasteiger partial charge in [0, 0.05) is 20.1 Å². The highest BCUT2D eigenvalue weighted by atomic mass is 16.5. The Morgan fingerprint density at radius 2 is 1.89 bits per heavy atom. The Labute approximate surface area is 112 Å². The van der Waals surface area contributed by atoms with Crippen LogP contribution in [0.15, 0.2) is 0 Å². The number of hydrogen-bond acceptors (Lipinski definition) is 5. The lowest BCUT2D eigenvalue weighted by Crippen LogP contribution is -2.50. The van der Waals surface area contributed by atoms with Crippen LogP contribution in [0.4, 0.5) is 0 Å². The lowest BCUT2D eigenvalue weighted by molar-refractivity contribution is -0.152. The number of amides is 2. The Morgan fingerprint density at radius 1 is 1.32 bits per heavy atom. The monoisotopic (exact) mass is 271 g/mol. The van der Waals surface area contributed by atoms with Crippen LogP contribution in [0.5, 0.6) is 0 Å². The van der Waals surface area contributed by atoms with Gasteiger partial charge in [-0.25, -0.2) is 4.79 Å². The minimum atomic E-state index is -1.36. The quantitative estimate of drug-likeness (QED) is 0.509. The number of esters is 1. The van der Waals surface area contributed by atoms with Gasteiger partial charge in [0.05, 0.1) is 13.2 Å². The van der Waals surface area contributed by atoms with Crippen LogP contribution in [0.2, 0.25) is 0 Å². The zero-order chi connectivity index (χ0) is 14.4. The number of carbonyl (C=O) groups excluding carboxylic acids is 3. The summed E-state index contributed by atoms with van der Waals surface area (Å²) in [5, 5.41) is 0. The van der Waals surface area contributed by atoms with Crippen molar-refractivity contribution in [3.8, 4) is 0 Å². The van der Waals surface area contributed by atoms with E-state index in [0.29, 0.717) is 0 Å². The van der Waals surface area contributed by atoms with Crippen molar-refractivity contribution < 1.29 is 19.1 Å². The van der Waals surface area contributed by atoms with E-state index in [4.69, 9.17) is 5.73 Å². The first-order chi connectivity index (χ1) is 8.97. The Hall–Kier alpha value is -1.63. The van der Waals surface area contributed by atoms with Gasteiger partial charge in [-0.1, -0.05) is 0 Å². The van der Waals surface area contributed by atoms with Gasteiger partial charge in [0.2, 0.25) is 5.91 Å². The number of likely N-dealkylation sites (tertiary alicyclic amines) is 1. The molecule has 2 amide bonds. The van der Waals surface area contributed by atoms with Crippen LogP contribution in [0.3, 0.4) is 0 Å². The van der Waals surface area contributed by atoms with E-state index in [1.165, 1.54) is 11.9 Å². The van der Waals surface area contributed by atoms with E-state index >= 15 is 0 Å². The topological polar surface area (TPSA) is 92.9 Å². The minimum absolute atomic E-state index is 0.0636. The van der Waals surface area contributed by atoms with Crippen LogP contribution in [0.1, 0.15) is 19.8 Å². The van der Waals surface area contributed by atoms with E-state index in [9.17, 15) is 14.4 Å². The number of rotatable bonds is 5. The lowest BCUT2D eigenvalue weighted by Gasteiger charge is -2.23. The second kappa shape index (κ2) is 7.08. The minimum Gasteiger partial charge on any atom is -0.464 e. The number of nitrogens with zero attached hydrogens (tertiary/aromatic N) is 2. The summed E-state index contributed by atoms with van der Waals surface area (Å²) in [6, 6.07) is -1.36. The average Bonchev–Trinajstić information content (AvgIpc) is 2.91. The average molecular weight is 271 g/mol. The van der Waals surface area contributed by atoms with Crippen molar-refractivity contribution in [2.45, 2.75) is 25.8 Å². The van der Waals surface area contributed by atoms with Gasteiger partial charge in [-0.3, -0.25) is 9.59 Å². The van der Waals surface area contributed by atoms with E-state index < -0.39 is 17.9 Å². The Balaban J connectivity index is 2.47. The van der Waals surface area contributed by atoms with Gasteiger partial charge in [-0.05, 0) is 19.8 Å². The molecule has 0 aromatic rings. The molecule has 2 N–H and O–H groups in total.